The maximum absolute atomic E-state index is 5.86. The van der Waals surface area contributed by atoms with E-state index in [1.807, 2.05) is 0 Å². The van der Waals surface area contributed by atoms with Crippen molar-refractivity contribution in [3.8, 4) is 5.75 Å². The van der Waals surface area contributed by atoms with Crippen molar-refractivity contribution in [1.82, 2.24) is 9.80 Å². The molecule has 0 unspecified atom stereocenters. The normalized spacial score (nSPS) is 25.5. The summed E-state index contributed by atoms with van der Waals surface area (Å²) in [5.41, 5.74) is 8.25. The summed E-state index contributed by atoms with van der Waals surface area (Å²) >= 11 is 0. The Bertz CT molecular complexity index is 1180. The van der Waals surface area contributed by atoms with Crippen molar-refractivity contribution in [1.29, 1.82) is 0 Å². The zero-order chi connectivity index (χ0) is 27.6. The van der Waals surface area contributed by atoms with Gasteiger partial charge in [0.1, 0.15) is 11.4 Å². The van der Waals surface area contributed by atoms with E-state index in [0.717, 1.165) is 112 Å². The molecule has 5 rings (SSSR count). The van der Waals surface area contributed by atoms with Gasteiger partial charge in [0.2, 0.25) is 0 Å². The lowest BCUT2D eigenvalue weighted by atomic mass is 9.78. The molecule has 2 saturated heterocycles. The summed E-state index contributed by atoms with van der Waals surface area (Å²) in [5, 5.41) is 0. The first-order valence-electron chi connectivity index (χ1n) is 14.5. The van der Waals surface area contributed by atoms with Crippen molar-refractivity contribution < 1.29 is 14.2 Å². The Kier molecular flexibility index (Phi) is 8.20. The molecule has 0 atom stereocenters. The Morgan fingerprint density at radius 1 is 0.692 bits per heavy atom. The summed E-state index contributed by atoms with van der Waals surface area (Å²) in [6.07, 6.45) is 8.63. The van der Waals surface area contributed by atoms with E-state index in [2.05, 4.69) is 68.7 Å². The Balaban J connectivity index is 1.45. The van der Waals surface area contributed by atoms with Crippen molar-refractivity contribution >= 4 is 22.8 Å². The first-order chi connectivity index (χ1) is 18.6. The van der Waals surface area contributed by atoms with Gasteiger partial charge in [-0.3, -0.25) is 4.99 Å². The Labute approximate surface area is 234 Å². The maximum Gasteiger partial charge on any atom is 0.146 e. The van der Waals surface area contributed by atoms with E-state index in [0.29, 0.717) is 0 Å². The van der Waals surface area contributed by atoms with Gasteiger partial charge in [0.25, 0.3) is 0 Å². The third-order valence-electron chi connectivity index (χ3n) is 8.17. The standard InChI is InChI=1S/C32H46N4O3/c1-23-15-29(34-25-17-27(22-32(4,5)20-25)36-9-13-39-14-10-36)30(37-6)18-28(23)33-24-16-26(21-31(2,3)19-24)35-7-11-38-12-8-35/h15-18H,7-14,19-22H2,1-6H3. The van der Waals surface area contributed by atoms with Crippen LogP contribution in [0.1, 0.15) is 58.9 Å². The van der Waals surface area contributed by atoms with Gasteiger partial charge in [-0.05, 0) is 67.2 Å². The Morgan fingerprint density at radius 2 is 1.15 bits per heavy atom. The molecular weight excluding hydrogens is 488 g/mol. The Morgan fingerprint density at radius 3 is 1.62 bits per heavy atom. The lowest BCUT2D eigenvalue weighted by Gasteiger charge is -2.38. The average Bonchev–Trinajstić information content (AvgIpc) is 2.89. The molecule has 0 N–H and O–H groups in total. The molecular formula is C32H46N4O3. The van der Waals surface area contributed by atoms with Gasteiger partial charge in [-0.15, -0.1) is 0 Å². The zero-order valence-electron chi connectivity index (χ0n) is 24.8. The zero-order valence-corrected chi connectivity index (χ0v) is 24.8. The van der Waals surface area contributed by atoms with Crippen LogP contribution in [0.3, 0.4) is 0 Å². The molecule has 2 aliphatic carbocycles. The van der Waals surface area contributed by atoms with Crippen LogP contribution >= 0.6 is 0 Å². The molecule has 2 fully saturated rings. The maximum atomic E-state index is 5.86. The highest BCUT2D eigenvalue weighted by molar-refractivity contribution is 6.00. The van der Waals surface area contributed by atoms with Gasteiger partial charge < -0.3 is 24.0 Å². The van der Waals surface area contributed by atoms with Gasteiger partial charge in [-0.1, -0.05) is 27.7 Å². The fraction of sp³-hybridized carbons (Fsp3) is 0.625. The van der Waals surface area contributed by atoms with E-state index in [-0.39, 0.29) is 10.8 Å². The van der Waals surface area contributed by atoms with Crippen molar-refractivity contribution in [2.45, 2.75) is 60.3 Å². The number of ether oxygens (including phenoxy) is 3. The summed E-state index contributed by atoms with van der Waals surface area (Å²) < 4.78 is 17.0. The third-order valence-corrected chi connectivity index (χ3v) is 8.17. The van der Waals surface area contributed by atoms with Crippen LogP contribution in [-0.4, -0.2) is 80.9 Å². The number of hydrogen-bond donors (Lipinski definition) is 0. The van der Waals surface area contributed by atoms with E-state index < -0.39 is 0 Å². The second-order valence-electron chi connectivity index (χ2n) is 13.0. The van der Waals surface area contributed by atoms with Crippen molar-refractivity contribution in [3.63, 3.8) is 0 Å². The van der Waals surface area contributed by atoms with Crippen LogP contribution in [0, 0.1) is 17.8 Å². The average molecular weight is 535 g/mol. The van der Waals surface area contributed by atoms with Crippen LogP contribution in [0.25, 0.3) is 0 Å². The van der Waals surface area contributed by atoms with Gasteiger partial charge >= 0.3 is 0 Å². The quantitative estimate of drug-likeness (QED) is 0.449. The number of nitrogens with zero attached hydrogens (tertiary/aromatic N) is 4. The fourth-order valence-corrected chi connectivity index (χ4v) is 6.27. The number of aliphatic imine (C=N–C) groups is 2. The molecule has 39 heavy (non-hydrogen) atoms. The molecule has 0 spiro atoms. The number of methoxy groups -OCH3 is 1. The number of morpholine rings is 2. The SMILES string of the molecule is COc1cc(N=C2C=C(N3CCOCC3)CC(C)(C)C2)c(C)cc1N=C1C=C(N2CCOCC2)CC(C)(C)C1. The van der Waals surface area contributed by atoms with E-state index in [1.54, 1.807) is 7.11 Å². The third kappa shape index (κ3) is 6.93. The summed E-state index contributed by atoms with van der Waals surface area (Å²) in [6, 6.07) is 4.20. The van der Waals surface area contributed by atoms with Gasteiger partial charge in [0, 0.05) is 55.1 Å². The van der Waals surface area contributed by atoms with Crippen LogP contribution in [0.2, 0.25) is 0 Å². The molecule has 2 heterocycles. The molecule has 1 aromatic rings. The lowest BCUT2D eigenvalue weighted by molar-refractivity contribution is 0.0491. The van der Waals surface area contributed by atoms with E-state index in [4.69, 9.17) is 24.2 Å². The monoisotopic (exact) mass is 534 g/mol. The lowest BCUT2D eigenvalue weighted by Crippen LogP contribution is -2.39. The van der Waals surface area contributed by atoms with Crippen molar-refractivity contribution in [2.24, 2.45) is 20.8 Å². The number of hydrogen-bond acceptors (Lipinski definition) is 7. The molecule has 7 nitrogen and oxygen atoms in total. The molecule has 0 bridgehead atoms. The van der Waals surface area contributed by atoms with Crippen LogP contribution in [-0.2, 0) is 9.47 Å². The highest BCUT2D eigenvalue weighted by atomic mass is 16.5. The van der Waals surface area contributed by atoms with Crippen molar-refractivity contribution in [3.05, 3.63) is 41.2 Å². The number of allylic oxidation sites excluding steroid dienone is 4. The molecule has 4 aliphatic rings. The highest BCUT2D eigenvalue weighted by Crippen LogP contribution is 2.41. The number of benzene rings is 1. The molecule has 1 aromatic carbocycles. The fourth-order valence-electron chi connectivity index (χ4n) is 6.27. The van der Waals surface area contributed by atoms with Gasteiger partial charge in [-0.25, -0.2) is 4.99 Å². The highest BCUT2D eigenvalue weighted by Gasteiger charge is 2.31. The van der Waals surface area contributed by atoms with Gasteiger partial charge in [-0.2, -0.15) is 0 Å². The topological polar surface area (TPSA) is 58.9 Å². The molecule has 0 radical (unpaired) electrons. The summed E-state index contributed by atoms with van der Waals surface area (Å²) in [7, 11) is 1.73. The minimum Gasteiger partial charge on any atom is -0.494 e. The minimum atomic E-state index is 0.160. The summed E-state index contributed by atoms with van der Waals surface area (Å²) in [6.45, 7) is 18.5. The second kappa shape index (κ2) is 11.5. The molecule has 0 amide bonds. The van der Waals surface area contributed by atoms with Gasteiger partial charge in [0.05, 0.1) is 39.2 Å². The van der Waals surface area contributed by atoms with E-state index in [9.17, 15) is 0 Å². The van der Waals surface area contributed by atoms with Crippen LogP contribution < -0.4 is 4.74 Å². The first kappa shape index (κ1) is 27.9. The van der Waals surface area contributed by atoms with E-state index in [1.165, 1.54) is 11.4 Å². The molecule has 7 heteroatoms. The van der Waals surface area contributed by atoms with Crippen molar-refractivity contribution in [2.75, 3.05) is 59.7 Å². The molecule has 2 aliphatic heterocycles. The van der Waals surface area contributed by atoms with Crippen LogP contribution in [0.15, 0.2) is 45.7 Å². The number of rotatable bonds is 5. The molecule has 212 valence electrons. The van der Waals surface area contributed by atoms with Gasteiger partial charge in [0.15, 0.2) is 0 Å². The van der Waals surface area contributed by atoms with E-state index >= 15 is 0 Å². The number of aryl methyl sites for hydroxylation is 1. The predicted octanol–water partition coefficient (Wildman–Crippen LogP) is 6.22. The second-order valence-corrected chi connectivity index (χ2v) is 13.0. The summed E-state index contributed by atoms with van der Waals surface area (Å²) in [5.74, 6) is 0.768. The van der Waals surface area contributed by atoms with Crippen LogP contribution in [0.4, 0.5) is 11.4 Å². The first-order valence-corrected chi connectivity index (χ1v) is 14.5. The Hall–Kier alpha value is -2.64. The largest absolute Gasteiger partial charge is 0.494 e. The van der Waals surface area contributed by atoms with Crippen LogP contribution in [0.5, 0.6) is 5.75 Å². The summed E-state index contributed by atoms with van der Waals surface area (Å²) in [4.78, 5) is 15.3. The smallest absolute Gasteiger partial charge is 0.146 e. The molecule has 0 saturated carbocycles. The minimum absolute atomic E-state index is 0.160. The predicted molar refractivity (Wildman–Crippen MR) is 159 cm³/mol. The molecule has 0 aromatic heterocycles.